The SMILES string of the molecule is C[C@]1(F)CN(C2=NOC(c3c(F)ccc(F)c3-c3c(F)cccc3F)C2)C[C@H]1NS(C)(=O)=O. The van der Waals surface area contributed by atoms with E-state index in [1.165, 1.54) is 11.8 Å². The van der Waals surface area contributed by atoms with Crippen molar-refractivity contribution in [2.24, 2.45) is 5.16 Å². The Morgan fingerprint density at radius 3 is 2.30 bits per heavy atom. The summed E-state index contributed by atoms with van der Waals surface area (Å²) in [5.41, 5.74) is -3.72. The quantitative estimate of drug-likeness (QED) is 0.666. The van der Waals surface area contributed by atoms with E-state index >= 15 is 0 Å². The van der Waals surface area contributed by atoms with Gasteiger partial charge in [-0.05, 0) is 31.2 Å². The summed E-state index contributed by atoms with van der Waals surface area (Å²) in [6.45, 7) is 0.931. The van der Waals surface area contributed by atoms with E-state index in [0.717, 1.165) is 36.6 Å². The molecule has 6 nitrogen and oxygen atoms in total. The number of amidine groups is 1. The minimum atomic E-state index is -3.68. The molecule has 0 aliphatic carbocycles. The smallest absolute Gasteiger partial charge is 0.209 e. The standard InChI is InChI=1S/C21H20F5N3O3S/c1-21(26)10-29(9-16(21)28-33(2,30)31)17-8-15(32-27-17)19-13(24)6-7-14(25)20(19)18-11(22)4-3-5-12(18)23/h3-7,15-16,28H,8-10H2,1-2H3/t15?,16-,21+/m1/s1. The number of likely N-dealkylation sites (tertiary alicyclic amines) is 1. The van der Waals surface area contributed by atoms with Gasteiger partial charge in [-0.1, -0.05) is 11.2 Å². The highest BCUT2D eigenvalue weighted by Crippen LogP contribution is 2.41. The minimum Gasteiger partial charge on any atom is -0.386 e. The zero-order valence-electron chi connectivity index (χ0n) is 17.6. The number of sulfonamides is 1. The number of alkyl halides is 1. The highest BCUT2D eigenvalue weighted by atomic mass is 32.2. The van der Waals surface area contributed by atoms with Crippen LogP contribution in [0.4, 0.5) is 22.0 Å². The van der Waals surface area contributed by atoms with Gasteiger partial charge in [0.2, 0.25) is 10.0 Å². The number of hydrogen-bond donors (Lipinski definition) is 1. The molecule has 3 atom stereocenters. The van der Waals surface area contributed by atoms with Crippen LogP contribution in [0.15, 0.2) is 35.5 Å². The van der Waals surface area contributed by atoms with Crippen molar-refractivity contribution >= 4 is 15.9 Å². The molecular weight excluding hydrogens is 469 g/mol. The van der Waals surface area contributed by atoms with Crippen LogP contribution in [0.5, 0.6) is 0 Å². The van der Waals surface area contributed by atoms with Gasteiger partial charge >= 0.3 is 0 Å². The first-order chi connectivity index (χ1) is 15.4. The second kappa shape index (κ2) is 8.24. The van der Waals surface area contributed by atoms with Crippen LogP contribution in [0.25, 0.3) is 11.1 Å². The van der Waals surface area contributed by atoms with Crippen LogP contribution in [0.1, 0.15) is 25.0 Å². The van der Waals surface area contributed by atoms with Crippen LogP contribution in [0, 0.1) is 23.3 Å². The average molecular weight is 489 g/mol. The van der Waals surface area contributed by atoms with Crippen molar-refractivity contribution in [1.82, 2.24) is 9.62 Å². The van der Waals surface area contributed by atoms with Gasteiger partial charge in [0.1, 0.15) is 34.8 Å². The third-order valence-electron chi connectivity index (χ3n) is 5.68. The van der Waals surface area contributed by atoms with Crippen molar-refractivity contribution in [3.05, 3.63) is 59.2 Å². The predicted octanol–water partition coefficient (Wildman–Crippen LogP) is 3.65. The maximum atomic E-state index is 15.0. The van der Waals surface area contributed by atoms with Crippen LogP contribution in [-0.2, 0) is 14.9 Å². The van der Waals surface area contributed by atoms with Crippen molar-refractivity contribution in [1.29, 1.82) is 0 Å². The molecule has 0 amide bonds. The summed E-state index contributed by atoms with van der Waals surface area (Å²) in [7, 11) is -3.68. The molecule has 1 unspecified atom stereocenters. The third kappa shape index (κ3) is 4.54. The Morgan fingerprint density at radius 1 is 1.06 bits per heavy atom. The van der Waals surface area contributed by atoms with E-state index < -0.39 is 67.8 Å². The van der Waals surface area contributed by atoms with Gasteiger partial charge in [-0.15, -0.1) is 0 Å². The first-order valence-electron chi connectivity index (χ1n) is 9.93. The summed E-state index contributed by atoms with van der Waals surface area (Å²) in [5.74, 6) is -4.00. The van der Waals surface area contributed by atoms with Gasteiger partial charge < -0.3 is 9.74 Å². The van der Waals surface area contributed by atoms with E-state index in [-0.39, 0.29) is 25.3 Å². The zero-order valence-corrected chi connectivity index (χ0v) is 18.4. The average Bonchev–Trinajstić information content (AvgIpc) is 3.28. The highest BCUT2D eigenvalue weighted by Gasteiger charge is 2.47. The maximum absolute atomic E-state index is 15.0. The molecule has 4 rings (SSSR count). The fourth-order valence-corrected chi connectivity index (χ4v) is 4.99. The summed E-state index contributed by atoms with van der Waals surface area (Å²) < 4.78 is 98.6. The van der Waals surface area contributed by atoms with E-state index in [0.29, 0.717) is 0 Å². The van der Waals surface area contributed by atoms with Crippen molar-refractivity contribution in [2.75, 3.05) is 19.3 Å². The van der Waals surface area contributed by atoms with Gasteiger partial charge in [-0.3, -0.25) is 0 Å². The largest absolute Gasteiger partial charge is 0.386 e. The van der Waals surface area contributed by atoms with E-state index in [1.54, 1.807) is 0 Å². The number of oxime groups is 1. The minimum absolute atomic E-state index is 0.0740. The first-order valence-corrected chi connectivity index (χ1v) is 11.8. The summed E-state index contributed by atoms with van der Waals surface area (Å²) in [4.78, 5) is 6.71. The fourth-order valence-electron chi connectivity index (χ4n) is 4.15. The number of nitrogens with one attached hydrogen (secondary N) is 1. The number of nitrogens with zero attached hydrogens (tertiary/aromatic N) is 2. The zero-order chi connectivity index (χ0) is 24.1. The van der Waals surface area contributed by atoms with Gasteiger partial charge in [0, 0.05) is 17.7 Å². The molecule has 2 aliphatic heterocycles. The molecule has 2 heterocycles. The van der Waals surface area contributed by atoms with Crippen molar-refractivity contribution in [3.63, 3.8) is 0 Å². The maximum Gasteiger partial charge on any atom is 0.209 e. The van der Waals surface area contributed by atoms with Crippen LogP contribution >= 0.6 is 0 Å². The molecule has 0 spiro atoms. The van der Waals surface area contributed by atoms with Crippen LogP contribution in [0.2, 0.25) is 0 Å². The summed E-state index contributed by atoms with van der Waals surface area (Å²) in [6, 6.07) is 3.45. The van der Waals surface area contributed by atoms with Crippen molar-refractivity contribution in [2.45, 2.75) is 31.2 Å². The summed E-state index contributed by atoms with van der Waals surface area (Å²) in [5, 5.41) is 3.84. The Bertz CT molecular complexity index is 1220. The van der Waals surface area contributed by atoms with Crippen molar-refractivity contribution in [3.8, 4) is 11.1 Å². The normalized spacial score (nSPS) is 25.3. The molecule has 178 valence electrons. The lowest BCUT2D eigenvalue weighted by Crippen LogP contribution is -2.47. The lowest BCUT2D eigenvalue weighted by Gasteiger charge is -2.20. The Hall–Kier alpha value is -2.73. The molecule has 0 saturated carbocycles. The molecule has 12 heteroatoms. The summed E-state index contributed by atoms with van der Waals surface area (Å²) >= 11 is 0. The monoisotopic (exact) mass is 489 g/mol. The van der Waals surface area contributed by atoms with Gasteiger partial charge in [0.15, 0.2) is 6.10 Å². The molecule has 2 aromatic carbocycles. The van der Waals surface area contributed by atoms with Crippen LogP contribution in [-0.4, -0.2) is 50.2 Å². The Kier molecular flexibility index (Phi) is 5.85. The predicted molar refractivity (Wildman–Crippen MR) is 110 cm³/mol. The summed E-state index contributed by atoms with van der Waals surface area (Å²) in [6.07, 6.45) is -0.475. The Balaban J connectivity index is 1.64. The van der Waals surface area contributed by atoms with E-state index in [4.69, 9.17) is 4.84 Å². The molecule has 33 heavy (non-hydrogen) atoms. The second-order valence-electron chi connectivity index (χ2n) is 8.32. The first kappa shape index (κ1) is 23.4. The number of benzene rings is 2. The van der Waals surface area contributed by atoms with Gasteiger partial charge in [0.25, 0.3) is 0 Å². The Labute approximate surface area is 187 Å². The molecule has 0 radical (unpaired) electrons. The lowest BCUT2D eigenvalue weighted by molar-refractivity contribution is 0.0829. The number of rotatable bonds is 4. The van der Waals surface area contributed by atoms with E-state index in [2.05, 4.69) is 9.88 Å². The molecule has 0 aromatic heterocycles. The second-order valence-corrected chi connectivity index (χ2v) is 10.1. The number of hydrogen-bond acceptors (Lipinski definition) is 5. The fraction of sp³-hybridized carbons (Fsp3) is 0.381. The molecule has 1 fully saturated rings. The number of halogens is 5. The molecule has 1 saturated heterocycles. The van der Waals surface area contributed by atoms with E-state index in [9.17, 15) is 30.4 Å². The van der Waals surface area contributed by atoms with Gasteiger partial charge in [-0.25, -0.2) is 35.1 Å². The molecule has 2 aliphatic rings. The third-order valence-corrected chi connectivity index (χ3v) is 6.39. The topological polar surface area (TPSA) is 71.0 Å². The lowest BCUT2D eigenvalue weighted by atomic mass is 9.93. The molecule has 2 aromatic rings. The Morgan fingerprint density at radius 2 is 1.67 bits per heavy atom. The van der Waals surface area contributed by atoms with Crippen LogP contribution in [0.3, 0.4) is 0 Å². The van der Waals surface area contributed by atoms with Crippen molar-refractivity contribution < 1.29 is 35.2 Å². The van der Waals surface area contributed by atoms with Gasteiger partial charge in [-0.2, -0.15) is 0 Å². The highest BCUT2D eigenvalue weighted by molar-refractivity contribution is 7.88. The van der Waals surface area contributed by atoms with Gasteiger partial charge in [0.05, 0.1) is 30.8 Å². The van der Waals surface area contributed by atoms with Crippen LogP contribution < -0.4 is 4.72 Å². The molecule has 0 bridgehead atoms. The molecular formula is C21H20F5N3O3S. The van der Waals surface area contributed by atoms with E-state index in [1.807, 2.05) is 0 Å². The molecule has 1 N–H and O–H groups in total.